The Morgan fingerprint density at radius 1 is 1.12 bits per heavy atom. The highest BCUT2D eigenvalue weighted by Crippen LogP contribution is 2.52. The lowest BCUT2D eigenvalue weighted by atomic mass is 9.57. The molecule has 0 saturated carbocycles. The molecule has 1 aromatic heterocycles. The molecule has 1 unspecified atom stereocenters. The number of alkyl halides is 3. The van der Waals surface area contributed by atoms with Crippen molar-refractivity contribution in [3.05, 3.63) is 83.1 Å². The minimum Gasteiger partial charge on any atom is -0.293 e. The first kappa shape index (κ1) is 22.1. The maximum atomic E-state index is 13.2. The summed E-state index contributed by atoms with van der Waals surface area (Å²) in [5.41, 5.74) is 2.74. The van der Waals surface area contributed by atoms with Crippen molar-refractivity contribution in [2.24, 2.45) is 11.8 Å². The highest BCUT2D eigenvalue weighted by molar-refractivity contribution is 6.02. The Morgan fingerprint density at radius 3 is 2.41 bits per heavy atom. The van der Waals surface area contributed by atoms with Gasteiger partial charge in [-0.15, -0.1) is 0 Å². The van der Waals surface area contributed by atoms with Gasteiger partial charge in [-0.25, -0.2) is 4.68 Å². The van der Waals surface area contributed by atoms with Gasteiger partial charge in [0.05, 0.1) is 28.2 Å². The van der Waals surface area contributed by atoms with Crippen LogP contribution in [-0.2, 0) is 22.8 Å². The zero-order valence-corrected chi connectivity index (χ0v) is 18.7. The second-order valence-electron chi connectivity index (χ2n) is 9.25. The second kappa shape index (κ2) is 7.69. The summed E-state index contributed by atoms with van der Waals surface area (Å²) in [6.45, 7) is 3.87. The van der Waals surface area contributed by atoms with Gasteiger partial charge in [-0.3, -0.25) is 4.79 Å². The van der Waals surface area contributed by atoms with Gasteiger partial charge < -0.3 is 0 Å². The van der Waals surface area contributed by atoms with E-state index in [1.54, 1.807) is 10.8 Å². The van der Waals surface area contributed by atoms with Gasteiger partial charge in [0.1, 0.15) is 6.07 Å². The van der Waals surface area contributed by atoms with E-state index in [0.29, 0.717) is 12.1 Å². The summed E-state index contributed by atoms with van der Waals surface area (Å²) in [5, 5.41) is 14.5. The largest absolute Gasteiger partial charge is 0.416 e. The number of Topliss-reactive ketones (excluding diaryl/α,β-unsaturated/α-hetero) is 1. The summed E-state index contributed by atoms with van der Waals surface area (Å²) in [5.74, 6) is -0.538. The Morgan fingerprint density at radius 2 is 1.79 bits per heavy atom. The minimum absolute atomic E-state index is 0.0434. The van der Waals surface area contributed by atoms with E-state index >= 15 is 0 Å². The Bertz CT molecular complexity index is 1350. The Labute approximate surface area is 195 Å². The van der Waals surface area contributed by atoms with Crippen LogP contribution in [0.15, 0.2) is 66.2 Å². The molecule has 0 amide bonds. The molecule has 4 nitrogen and oxygen atoms in total. The zero-order valence-electron chi connectivity index (χ0n) is 18.7. The number of nitriles is 1. The Kier molecular flexibility index (Phi) is 5.01. The third kappa shape index (κ3) is 3.28. The highest BCUT2D eigenvalue weighted by atomic mass is 19.4. The standard InChI is InChI=1S/C27H22F3N3O/c1-16-22-13-12-21-23(17-6-4-3-5-7-17)32-33(20-10-8-19(9-11-20)27(28,29)30)25(21)26(22,2)14-18(15-31)24(16)34/h3-11,14,16,22H,12-13H2,1-2H3/t16-,22-,26?/m1/s1. The number of hydrogen-bond acceptors (Lipinski definition) is 3. The van der Waals surface area contributed by atoms with Crippen molar-refractivity contribution in [2.75, 3.05) is 0 Å². The number of nitrogens with zero attached hydrogens (tertiary/aromatic N) is 3. The molecule has 3 atom stereocenters. The van der Waals surface area contributed by atoms with Crippen molar-refractivity contribution >= 4 is 5.78 Å². The van der Waals surface area contributed by atoms with Gasteiger partial charge in [-0.1, -0.05) is 50.3 Å². The average molecular weight is 461 g/mol. The first-order valence-corrected chi connectivity index (χ1v) is 11.2. The van der Waals surface area contributed by atoms with Gasteiger partial charge in [0.15, 0.2) is 5.78 Å². The molecule has 7 heteroatoms. The van der Waals surface area contributed by atoms with Crippen LogP contribution < -0.4 is 0 Å². The van der Waals surface area contributed by atoms with Crippen molar-refractivity contribution in [1.29, 1.82) is 5.26 Å². The van der Waals surface area contributed by atoms with Crippen molar-refractivity contribution < 1.29 is 18.0 Å². The van der Waals surface area contributed by atoms with Crippen LogP contribution in [0.3, 0.4) is 0 Å². The molecule has 0 fully saturated rings. The van der Waals surface area contributed by atoms with E-state index in [4.69, 9.17) is 5.10 Å². The third-order valence-electron chi connectivity index (χ3n) is 7.30. The minimum atomic E-state index is -4.43. The summed E-state index contributed by atoms with van der Waals surface area (Å²) >= 11 is 0. The molecular formula is C27H22F3N3O. The van der Waals surface area contributed by atoms with Gasteiger partial charge in [0.2, 0.25) is 0 Å². The molecular weight excluding hydrogens is 439 g/mol. The van der Waals surface area contributed by atoms with E-state index in [0.717, 1.165) is 41.1 Å². The van der Waals surface area contributed by atoms with Crippen molar-refractivity contribution in [3.63, 3.8) is 0 Å². The Balaban J connectivity index is 1.78. The molecule has 0 saturated heterocycles. The summed E-state index contributed by atoms with van der Waals surface area (Å²) in [7, 11) is 0. The van der Waals surface area contributed by atoms with Crippen LogP contribution in [0.1, 0.15) is 37.1 Å². The molecule has 2 aliphatic rings. The number of carbonyl (C=O) groups is 1. The van der Waals surface area contributed by atoms with Crippen LogP contribution in [0, 0.1) is 23.2 Å². The van der Waals surface area contributed by atoms with E-state index in [-0.39, 0.29) is 23.2 Å². The normalized spacial score (nSPS) is 24.1. The fraction of sp³-hybridized carbons (Fsp3) is 0.296. The predicted molar refractivity (Wildman–Crippen MR) is 121 cm³/mol. The van der Waals surface area contributed by atoms with Crippen LogP contribution in [0.25, 0.3) is 16.9 Å². The van der Waals surface area contributed by atoms with E-state index < -0.39 is 17.2 Å². The topological polar surface area (TPSA) is 58.7 Å². The van der Waals surface area contributed by atoms with Crippen LogP contribution in [0.2, 0.25) is 0 Å². The molecule has 0 aliphatic heterocycles. The lowest BCUT2D eigenvalue weighted by Gasteiger charge is -2.45. The molecule has 2 aromatic carbocycles. The van der Waals surface area contributed by atoms with Gasteiger partial charge >= 0.3 is 6.18 Å². The molecule has 0 bridgehead atoms. The Hall–Kier alpha value is -3.66. The molecule has 2 aliphatic carbocycles. The van der Waals surface area contributed by atoms with Gasteiger partial charge in [0.25, 0.3) is 0 Å². The lowest BCUT2D eigenvalue weighted by molar-refractivity contribution is -0.137. The van der Waals surface area contributed by atoms with E-state index in [1.165, 1.54) is 12.1 Å². The summed E-state index contributed by atoms with van der Waals surface area (Å²) in [6, 6.07) is 16.7. The first-order valence-electron chi connectivity index (χ1n) is 11.2. The molecule has 0 spiro atoms. The fourth-order valence-corrected chi connectivity index (χ4v) is 5.65. The highest BCUT2D eigenvalue weighted by Gasteiger charge is 2.50. The second-order valence-corrected chi connectivity index (χ2v) is 9.25. The molecule has 34 heavy (non-hydrogen) atoms. The number of allylic oxidation sites excluding steroid dienone is 2. The fourth-order valence-electron chi connectivity index (χ4n) is 5.65. The van der Waals surface area contributed by atoms with E-state index in [1.807, 2.05) is 44.2 Å². The first-order chi connectivity index (χ1) is 16.1. The molecule has 0 radical (unpaired) electrons. The number of halogens is 3. The van der Waals surface area contributed by atoms with Crippen molar-refractivity contribution in [1.82, 2.24) is 9.78 Å². The number of aromatic nitrogens is 2. The molecule has 0 N–H and O–H groups in total. The predicted octanol–water partition coefficient (Wildman–Crippen LogP) is 6.05. The van der Waals surface area contributed by atoms with Gasteiger partial charge in [-0.05, 0) is 43.0 Å². The summed E-state index contributed by atoms with van der Waals surface area (Å²) in [6.07, 6.45) is -1.25. The number of fused-ring (bicyclic) bond motifs is 3. The monoisotopic (exact) mass is 461 g/mol. The number of ketones is 1. The van der Waals surface area contributed by atoms with E-state index in [2.05, 4.69) is 6.07 Å². The number of benzene rings is 2. The SMILES string of the molecule is C[C@H]1C(=O)C(C#N)=CC2(C)c3c(c(-c4ccccc4)nn3-c3ccc(C(F)(F)F)cc3)CC[C@H]12. The average Bonchev–Trinajstić information content (AvgIpc) is 3.23. The summed E-state index contributed by atoms with van der Waals surface area (Å²) < 4.78 is 41.2. The number of hydrogen-bond donors (Lipinski definition) is 0. The van der Waals surface area contributed by atoms with Gasteiger partial charge in [-0.2, -0.15) is 23.5 Å². The molecule has 172 valence electrons. The van der Waals surface area contributed by atoms with Crippen LogP contribution in [0.4, 0.5) is 13.2 Å². The summed E-state index contributed by atoms with van der Waals surface area (Å²) in [4.78, 5) is 12.8. The molecule has 5 rings (SSSR count). The number of carbonyl (C=O) groups excluding carboxylic acids is 1. The van der Waals surface area contributed by atoms with Crippen molar-refractivity contribution in [2.45, 2.75) is 38.3 Å². The van der Waals surface area contributed by atoms with Crippen LogP contribution >= 0.6 is 0 Å². The maximum Gasteiger partial charge on any atom is 0.416 e. The third-order valence-corrected chi connectivity index (χ3v) is 7.30. The zero-order chi connectivity index (χ0) is 24.3. The van der Waals surface area contributed by atoms with Gasteiger partial charge in [0, 0.05) is 22.5 Å². The molecule has 3 aromatic rings. The number of rotatable bonds is 2. The quantitative estimate of drug-likeness (QED) is 0.467. The maximum absolute atomic E-state index is 13.2. The smallest absolute Gasteiger partial charge is 0.293 e. The van der Waals surface area contributed by atoms with E-state index in [9.17, 15) is 23.2 Å². The molecule has 1 heterocycles. The van der Waals surface area contributed by atoms with Crippen LogP contribution in [0.5, 0.6) is 0 Å². The van der Waals surface area contributed by atoms with Crippen LogP contribution in [-0.4, -0.2) is 15.6 Å². The van der Waals surface area contributed by atoms with Crippen molar-refractivity contribution in [3.8, 4) is 23.0 Å². The lowest BCUT2D eigenvalue weighted by Crippen LogP contribution is -2.46.